The average Bonchev–Trinajstić information content (AvgIpc) is 2.85. The summed E-state index contributed by atoms with van der Waals surface area (Å²) in [5, 5.41) is 41.2. The molecule has 27 heavy (non-hydrogen) atoms. The highest BCUT2D eigenvalue weighted by Crippen LogP contribution is 2.69. The summed E-state index contributed by atoms with van der Waals surface area (Å²) in [5.74, 6) is -2.88. The number of aliphatic hydroxyl groups excluding tert-OH is 2. The first-order chi connectivity index (χ1) is 12.4. The Balaban J connectivity index is 1.85. The molecule has 3 fully saturated rings. The van der Waals surface area contributed by atoms with Crippen molar-refractivity contribution in [3.63, 3.8) is 0 Å². The van der Waals surface area contributed by atoms with Gasteiger partial charge in [0.05, 0.1) is 12.2 Å². The number of alkyl halides is 2. The molecule has 0 heterocycles. The van der Waals surface area contributed by atoms with Crippen molar-refractivity contribution < 1.29 is 34.0 Å². The minimum Gasteiger partial charge on any atom is -0.479 e. The third kappa shape index (κ3) is 2.00. The fourth-order valence-corrected chi connectivity index (χ4v) is 6.68. The Bertz CT molecular complexity index is 753. The Hall–Kier alpha value is -1.31. The number of aliphatic carboxylic acids is 1. The maximum atomic E-state index is 16.7. The number of fused-ring (bicyclic) bond motifs is 5. The fraction of sp³-hybridized carbons (Fsp3) is 0.750. The van der Waals surface area contributed by atoms with Crippen LogP contribution in [-0.4, -0.2) is 56.0 Å². The Kier molecular flexibility index (Phi) is 3.80. The van der Waals surface area contributed by atoms with Gasteiger partial charge in [-0.1, -0.05) is 19.1 Å². The Morgan fingerprint density at radius 2 is 1.93 bits per heavy atom. The highest BCUT2D eigenvalue weighted by Gasteiger charge is 2.75. The molecule has 150 valence electrons. The highest BCUT2D eigenvalue weighted by atomic mass is 19.1. The quantitative estimate of drug-likeness (QED) is 0.518. The van der Waals surface area contributed by atoms with Crippen LogP contribution in [0.2, 0.25) is 0 Å². The number of carboxylic acid groups (broad SMARTS) is 1. The number of hydrogen-bond acceptors (Lipinski definition) is 4. The van der Waals surface area contributed by atoms with E-state index in [2.05, 4.69) is 0 Å². The molecule has 0 aliphatic heterocycles. The van der Waals surface area contributed by atoms with E-state index in [1.807, 2.05) is 0 Å². The first-order valence-corrected chi connectivity index (χ1v) is 9.48. The van der Waals surface area contributed by atoms with E-state index in [0.717, 1.165) is 0 Å². The van der Waals surface area contributed by atoms with Crippen molar-refractivity contribution in [1.82, 2.24) is 0 Å². The summed E-state index contributed by atoms with van der Waals surface area (Å²) in [6, 6.07) is 0. The van der Waals surface area contributed by atoms with Crippen molar-refractivity contribution in [2.24, 2.45) is 22.7 Å². The molecule has 4 aliphatic rings. The minimum atomic E-state index is -2.20. The number of aliphatic hydroxyl groups is 3. The van der Waals surface area contributed by atoms with Crippen LogP contribution in [0.4, 0.5) is 8.78 Å². The lowest BCUT2D eigenvalue weighted by Gasteiger charge is -2.63. The zero-order chi connectivity index (χ0) is 20.0. The Morgan fingerprint density at radius 3 is 2.56 bits per heavy atom. The molecule has 4 N–H and O–H groups in total. The number of halogens is 2. The molecule has 4 aliphatic carbocycles. The van der Waals surface area contributed by atoms with Gasteiger partial charge in [-0.25, -0.2) is 13.6 Å². The lowest BCUT2D eigenvalue weighted by Crippen LogP contribution is -2.70. The van der Waals surface area contributed by atoms with Gasteiger partial charge in [-0.05, 0) is 50.2 Å². The molecule has 0 aromatic rings. The van der Waals surface area contributed by atoms with Crippen molar-refractivity contribution in [3.05, 3.63) is 23.8 Å². The molecule has 0 amide bonds. The Labute approximate surface area is 156 Å². The summed E-state index contributed by atoms with van der Waals surface area (Å²) in [4.78, 5) is 11.8. The van der Waals surface area contributed by atoms with Gasteiger partial charge in [-0.2, -0.15) is 0 Å². The molecule has 0 bridgehead atoms. The van der Waals surface area contributed by atoms with E-state index in [1.165, 1.54) is 25.2 Å². The van der Waals surface area contributed by atoms with E-state index in [4.69, 9.17) is 0 Å². The molecule has 7 heteroatoms. The Morgan fingerprint density at radius 1 is 1.26 bits per heavy atom. The fourth-order valence-electron chi connectivity index (χ4n) is 6.68. The molecule has 5 unspecified atom stereocenters. The zero-order valence-corrected chi connectivity index (χ0v) is 15.4. The summed E-state index contributed by atoms with van der Waals surface area (Å²) in [7, 11) is 0. The number of carboxylic acids is 1. The predicted octanol–water partition coefficient (Wildman–Crippen LogP) is 1.91. The first kappa shape index (κ1) is 19.0. The van der Waals surface area contributed by atoms with Crippen LogP contribution in [0.1, 0.15) is 39.5 Å². The van der Waals surface area contributed by atoms with Gasteiger partial charge in [0.2, 0.25) is 0 Å². The van der Waals surface area contributed by atoms with Gasteiger partial charge < -0.3 is 20.4 Å². The standard InChI is InChI=1S/C20H26F2O5/c1-17-5-3-10(23)7-13(17)14(21)8-12-11-4-6-19(27,16(25)26)18(11,2)9-15(24)20(12,17)22/h3,5,7,10-12,14-15,23-24,27H,4,6,8-9H2,1-2H3,(H,25,26)/t10?,11?,12?,14-,15-,17?,18?,19-,20-/m0/s1. The number of rotatable bonds is 1. The van der Waals surface area contributed by atoms with E-state index in [1.54, 1.807) is 6.92 Å². The van der Waals surface area contributed by atoms with Crippen LogP contribution in [0.15, 0.2) is 23.8 Å². The predicted molar refractivity (Wildman–Crippen MR) is 92.2 cm³/mol. The van der Waals surface area contributed by atoms with Gasteiger partial charge in [-0.3, -0.25) is 0 Å². The van der Waals surface area contributed by atoms with Crippen molar-refractivity contribution in [2.45, 2.75) is 69.2 Å². The van der Waals surface area contributed by atoms with E-state index < -0.39 is 58.3 Å². The van der Waals surface area contributed by atoms with Crippen LogP contribution in [0.3, 0.4) is 0 Å². The molecule has 0 radical (unpaired) electrons. The van der Waals surface area contributed by atoms with E-state index in [9.17, 15) is 25.2 Å². The molecule has 0 saturated heterocycles. The van der Waals surface area contributed by atoms with Crippen LogP contribution in [0, 0.1) is 22.7 Å². The van der Waals surface area contributed by atoms with Crippen LogP contribution in [0.5, 0.6) is 0 Å². The maximum Gasteiger partial charge on any atom is 0.336 e. The van der Waals surface area contributed by atoms with Gasteiger partial charge in [0, 0.05) is 16.7 Å². The van der Waals surface area contributed by atoms with Crippen LogP contribution < -0.4 is 0 Å². The SMILES string of the molecule is CC12C[C@H](O)[C@@]3(F)C(C[C@H](F)C4=CC(O)C=CC43C)C1CC[C@]2(O)C(=O)O. The first-order valence-electron chi connectivity index (χ1n) is 9.48. The number of hydrogen-bond donors (Lipinski definition) is 4. The lowest BCUT2D eigenvalue weighted by molar-refractivity contribution is -0.227. The van der Waals surface area contributed by atoms with E-state index in [0.29, 0.717) is 0 Å². The largest absolute Gasteiger partial charge is 0.479 e. The van der Waals surface area contributed by atoms with Crippen molar-refractivity contribution in [1.29, 1.82) is 0 Å². The van der Waals surface area contributed by atoms with Gasteiger partial charge in [0.1, 0.15) is 6.17 Å². The zero-order valence-electron chi connectivity index (χ0n) is 15.4. The smallest absolute Gasteiger partial charge is 0.336 e. The molecule has 0 spiro atoms. The summed E-state index contributed by atoms with van der Waals surface area (Å²) in [5.41, 5.74) is -6.81. The lowest BCUT2D eigenvalue weighted by atomic mass is 9.44. The van der Waals surface area contributed by atoms with Crippen molar-refractivity contribution >= 4 is 5.97 Å². The van der Waals surface area contributed by atoms with Gasteiger partial charge in [0.15, 0.2) is 11.3 Å². The molecule has 4 rings (SSSR count). The minimum absolute atomic E-state index is 0.0479. The third-order valence-electron chi connectivity index (χ3n) is 8.23. The number of carbonyl (C=O) groups is 1. The summed E-state index contributed by atoms with van der Waals surface area (Å²) < 4.78 is 31.8. The van der Waals surface area contributed by atoms with E-state index in [-0.39, 0.29) is 31.3 Å². The van der Waals surface area contributed by atoms with E-state index >= 15 is 8.78 Å². The third-order valence-corrected chi connectivity index (χ3v) is 8.23. The highest BCUT2D eigenvalue weighted by molar-refractivity contribution is 5.79. The molecular weight excluding hydrogens is 358 g/mol. The molecule has 9 atom stereocenters. The second kappa shape index (κ2) is 5.39. The summed E-state index contributed by atoms with van der Waals surface area (Å²) in [6.07, 6.45) is -0.130. The second-order valence-electron chi connectivity index (χ2n) is 9.20. The topological polar surface area (TPSA) is 98.0 Å². The molecular formula is C20H26F2O5. The van der Waals surface area contributed by atoms with Gasteiger partial charge >= 0.3 is 5.97 Å². The number of allylic oxidation sites excluding steroid dienone is 2. The molecule has 5 nitrogen and oxygen atoms in total. The van der Waals surface area contributed by atoms with Crippen molar-refractivity contribution in [3.8, 4) is 0 Å². The normalized spacial score (nSPS) is 56.7. The monoisotopic (exact) mass is 384 g/mol. The summed E-state index contributed by atoms with van der Waals surface area (Å²) in [6.45, 7) is 3.10. The van der Waals surface area contributed by atoms with Crippen LogP contribution in [-0.2, 0) is 4.79 Å². The van der Waals surface area contributed by atoms with Gasteiger partial charge in [0.25, 0.3) is 0 Å². The molecule has 3 saturated carbocycles. The molecule has 0 aromatic heterocycles. The van der Waals surface area contributed by atoms with Crippen LogP contribution in [0.25, 0.3) is 0 Å². The second-order valence-corrected chi connectivity index (χ2v) is 9.20. The summed E-state index contributed by atoms with van der Waals surface area (Å²) >= 11 is 0. The maximum absolute atomic E-state index is 16.7. The average molecular weight is 384 g/mol. The van der Waals surface area contributed by atoms with Gasteiger partial charge in [-0.15, -0.1) is 0 Å². The van der Waals surface area contributed by atoms with Crippen LogP contribution >= 0.6 is 0 Å². The molecule has 0 aromatic carbocycles. The van der Waals surface area contributed by atoms with Crippen molar-refractivity contribution in [2.75, 3.05) is 0 Å².